The minimum atomic E-state index is -3.70. The second kappa shape index (κ2) is 6.17. The summed E-state index contributed by atoms with van der Waals surface area (Å²) in [5, 5.41) is 0. The molecule has 4 nitrogen and oxygen atoms in total. The van der Waals surface area contributed by atoms with Gasteiger partial charge in [-0.1, -0.05) is 6.07 Å². The van der Waals surface area contributed by atoms with E-state index in [1.54, 1.807) is 6.92 Å². The monoisotopic (exact) mass is 308 g/mol. The number of rotatable bonds is 5. The van der Waals surface area contributed by atoms with Gasteiger partial charge in [0.2, 0.25) is 10.0 Å². The van der Waals surface area contributed by atoms with Gasteiger partial charge in [-0.3, -0.25) is 0 Å². The van der Waals surface area contributed by atoms with Gasteiger partial charge in [-0.2, -0.15) is 0 Å². The maximum atomic E-state index is 13.2. The van der Waals surface area contributed by atoms with Gasteiger partial charge < -0.3 is 5.73 Å². The fourth-order valence-corrected chi connectivity index (χ4v) is 3.54. The van der Waals surface area contributed by atoms with Gasteiger partial charge in [0.1, 0.15) is 5.82 Å². The van der Waals surface area contributed by atoms with Gasteiger partial charge in [0.15, 0.2) is 0 Å². The Balaban J connectivity index is 0.00000180. The Hall–Kier alpha value is -0.690. The van der Waals surface area contributed by atoms with E-state index >= 15 is 0 Å². The molecule has 0 amide bonds. The molecule has 7 heteroatoms. The van der Waals surface area contributed by atoms with Crippen molar-refractivity contribution in [3.8, 4) is 0 Å². The predicted octanol–water partition coefficient (Wildman–Crippen LogP) is 1.57. The smallest absolute Gasteiger partial charge is 0.241 e. The third kappa shape index (κ3) is 3.89. The van der Waals surface area contributed by atoms with Crippen LogP contribution in [0.2, 0.25) is 0 Å². The van der Waals surface area contributed by atoms with Crippen LogP contribution in [0, 0.1) is 18.7 Å². The summed E-state index contributed by atoms with van der Waals surface area (Å²) in [4.78, 5) is -0.0124. The first kappa shape index (κ1) is 16.4. The molecule has 0 aliphatic heterocycles. The third-order valence-electron chi connectivity index (χ3n) is 3.19. The van der Waals surface area contributed by atoms with Crippen molar-refractivity contribution in [2.45, 2.75) is 30.7 Å². The number of hydrogen-bond acceptors (Lipinski definition) is 3. The average molecular weight is 309 g/mol. The van der Waals surface area contributed by atoms with E-state index in [1.165, 1.54) is 12.1 Å². The first-order valence-electron chi connectivity index (χ1n) is 5.92. The fourth-order valence-electron chi connectivity index (χ4n) is 1.96. The molecular formula is C12H18ClFN2O2S. The van der Waals surface area contributed by atoms with Gasteiger partial charge in [0, 0.05) is 12.6 Å². The average Bonchev–Trinajstić information content (AvgIpc) is 3.13. The molecule has 3 N–H and O–H groups in total. The van der Waals surface area contributed by atoms with E-state index in [-0.39, 0.29) is 29.9 Å². The lowest BCUT2D eigenvalue weighted by Crippen LogP contribution is -2.41. The highest BCUT2D eigenvalue weighted by Gasteiger charge is 2.33. The summed E-state index contributed by atoms with van der Waals surface area (Å²) in [7, 11) is -3.70. The van der Waals surface area contributed by atoms with E-state index in [1.807, 2.05) is 0 Å². The maximum Gasteiger partial charge on any atom is 0.241 e. The molecule has 1 atom stereocenters. The molecule has 0 radical (unpaired) electrons. The molecule has 1 aliphatic rings. The van der Waals surface area contributed by atoms with Gasteiger partial charge in [0.05, 0.1) is 4.90 Å². The zero-order chi connectivity index (χ0) is 13.3. The van der Waals surface area contributed by atoms with Crippen molar-refractivity contribution in [3.05, 3.63) is 29.6 Å². The second-order valence-electron chi connectivity index (χ2n) is 4.71. The molecule has 2 rings (SSSR count). The van der Waals surface area contributed by atoms with Crippen LogP contribution in [0.15, 0.2) is 23.1 Å². The Bertz CT molecular complexity index is 547. The third-order valence-corrected chi connectivity index (χ3v) is 4.82. The summed E-state index contributed by atoms with van der Waals surface area (Å²) in [5.74, 6) is -0.240. The number of nitrogens with two attached hydrogens (primary N) is 1. The van der Waals surface area contributed by atoms with Crippen molar-refractivity contribution in [2.75, 3.05) is 6.54 Å². The summed E-state index contributed by atoms with van der Waals surface area (Å²) in [6, 6.07) is 3.49. The molecule has 0 saturated heterocycles. The Morgan fingerprint density at radius 1 is 1.47 bits per heavy atom. The molecule has 1 saturated carbocycles. The number of halogens is 2. The van der Waals surface area contributed by atoms with Crippen molar-refractivity contribution in [2.24, 2.45) is 11.7 Å². The first-order chi connectivity index (χ1) is 8.44. The zero-order valence-corrected chi connectivity index (χ0v) is 12.2. The summed E-state index contributed by atoms with van der Waals surface area (Å²) >= 11 is 0. The van der Waals surface area contributed by atoms with Crippen molar-refractivity contribution in [3.63, 3.8) is 0 Å². The molecule has 1 fully saturated rings. The van der Waals surface area contributed by atoms with E-state index in [4.69, 9.17) is 5.73 Å². The Kier molecular flexibility index (Phi) is 5.32. The number of nitrogens with one attached hydrogen (secondary N) is 1. The van der Waals surface area contributed by atoms with Gasteiger partial charge in [-0.15, -0.1) is 12.4 Å². The quantitative estimate of drug-likeness (QED) is 0.867. The normalized spacial score (nSPS) is 16.8. The molecule has 1 aliphatic carbocycles. The molecule has 1 aromatic rings. The first-order valence-corrected chi connectivity index (χ1v) is 7.41. The highest BCUT2D eigenvalue weighted by Crippen LogP contribution is 2.33. The molecule has 1 aromatic carbocycles. The van der Waals surface area contributed by atoms with E-state index in [2.05, 4.69) is 4.72 Å². The minimum absolute atomic E-state index is 0. The van der Waals surface area contributed by atoms with Gasteiger partial charge in [-0.25, -0.2) is 17.5 Å². The molecule has 0 bridgehead atoms. The van der Waals surface area contributed by atoms with Crippen LogP contribution in [0.1, 0.15) is 18.4 Å². The molecule has 19 heavy (non-hydrogen) atoms. The van der Waals surface area contributed by atoms with Crippen LogP contribution in [-0.4, -0.2) is 21.0 Å². The lowest BCUT2D eigenvalue weighted by molar-refractivity contribution is 0.518. The molecular weight excluding hydrogens is 291 g/mol. The topological polar surface area (TPSA) is 72.2 Å². The van der Waals surface area contributed by atoms with Gasteiger partial charge in [-0.05, 0) is 43.4 Å². The Morgan fingerprint density at radius 3 is 2.63 bits per heavy atom. The SMILES string of the molecule is Cc1ccc(F)cc1S(=O)(=O)NC(CN)C1CC1.Cl. The standard InChI is InChI=1S/C12H17FN2O2S.ClH/c1-8-2-5-10(13)6-12(8)18(16,17)15-11(7-14)9-3-4-9;/h2,5-6,9,11,15H,3-4,7,14H2,1H3;1H. The minimum Gasteiger partial charge on any atom is -0.329 e. The van der Waals surface area contributed by atoms with Crippen LogP contribution in [0.3, 0.4) is 0 Å². The molecule has 0 aromatic heterocycles. The Labute approximate surface area is 119 Å². The highest BCUT2D eigenvalue weighted by molar-refractivity contribution is 7.89. The van der Waals surface area contributed by atoms with Gasteiger partial charge >= 0.3 is 0 Å². The summed E-state index contributed by atoms with van der Waals surface area (Å²) in [6.45, 7) is 1.90. The van der Waals surface area contributed by atoms with Crippen LogP contribution in [-0.2, 0) is 10.0 Å². The molecule has 0 spiro atoms. The van der Waals surface area contributed by atoms with Crippen molar-refractivity contribution < 1.29 is 12.8 Å². The van der Waals surface area contributed by atoms with E-state index in [0.29, 0.717) is 11.5 Å². The summed E-state index contributed by atoms with van der Waals surface area (Å²) < 4.78 is 40.1. The largest absolute Gasteiger partial charge is 0.329 e. The van der Waals surface area contributed by atoms with Crippen LogP contribution in [0.4, 0.5) is 4.39 Å². The number of sulfonamides is 1. The predicted molar refractivity (Wildman–Crippen MR) is 74.3 cm³/mol. The summed E-state index contributed by atoms with van der Waals surface area (Å²) in [5.41, 5.74) is 6.09. The lowest BCUT2D eigenvalue weighted by Gasteiger charge is -2.17. The van der Waals surface area contributed by atoms with E-state index < -0.39 is 15.8 Å². The number of hydrogen-bond donors (Lipinski definition) is 2. The fraction of sp³-hybridized carbons (Fsp3) is 0.500. The molecule has 1 unspecified atom stereocenters. The molecule has 0 heterocycles. The summed E-state index contributed by atoms with van der Waals surface area (Å²) in [6.07, 6.45) is 1.99. The van der Waals surface area contributed by atoms with E-state index in [9.17, 15) is 12.8 Å². The van der Waals surface area contributed by atoms with Crippen LogP contribution < -0.4 is 10.5 Å². The zero-order valence-electron chi connectivity index (χ0n) is 10.6. The van der Waals surface area contributed by atoms with Gasteiger partial charge in [0.25, 0.3) is 0 Å². The second-order valence-corrected chi connectivity index (χ2v) is 6.39. The van der Waals surface area contributed by atoms with Crippen LogP contribution in [0.25, 0.3) is 0 Å². The Morgan fingerprint density at radius 2 is 2.11 bits per heavy atom. The van der Waals surface area contributed by atoms with Crippen LogP contribution in [0.5, 0.6) is 0 Å². The number of benzene rings is 1. The van der Waals surface area contributed by atoms with Crippen molar-refractivity contribution in [1.82, 2.24) is 4.72 Å². The lowest BCUT2D eigenvalue weighted by atomic mass is 10.2. The highest BCUT2D eigenvalue weighted by atomic mass is 35.5. The maximum absolute atomic E-state index is 13.2. The van der Waals surface area contributed by atoms with Crippen LogP contribution >= 0.6 is 12.4 Å². The van der Waals surface area contributed by atoms with Crippen molar-refractivity contribution in [1.29, 1.82) is 0 Å². The van der Waals surface area contributed by atoms with E-state index in [0.717, 1.165) is 18.9 Å². The molecule has 108 valence electrons. The number of aryl methyl sites for hydroxylation is 1. The van der Waals surface area contributed by atoms with Crippen molar-refractivity contribution >= 4 is 22.4 Å².